The van der Waals surface area contributed by atoms with E-state index in [2.05, 4.69) is 58.2 Å². The molecular weight excluding hydrogens is 470 g/mol. The number of amides is 1. The van der Waals surface area contributed by atoms with Crippen molar-refractivity contribution in [2.75, 3.05) is 13.1 Å². The van der Waals surface area contributed by atoms with Crippen molar-refractivity contribution in [3.63, 3.8) is 0 Å². The lowest BCUT2D eigenvalue weighted by molar-refractivity contribution is -0.121. The summed E-state index contributed by atoms with van der Waals surface area (Å²) in [5.41, 5.74) is 4.54. The maximum Gasteiger partial charge on any atom is 0.217 e. The van der Waals surface area contributed by atoms with Crippen LogP contribution in [0.1, 0.15) is 36.6 Å². The van der Waals surface area contributed by atoms with Crippen molar-refractivity contribution in [1.82, 2.24) is 14.8 Å². The summed E-state index contributed by atoms with van der Waals surface area (Å²) in [6.45, 7) is 4.73. The number of benzene rings is 3. The van der Waals surface area contributed by atoms with Gasteiger partial charge in [-0.05, 0) is 54.3 Å². The van der Waals surface area contributed by atoms with Crippen LogP contribution in [0.4, 0.5) is 0 Å². The minimum absolute atomic E-state index is 0.0167. The fourth-order valence-corrected chi connectivity index (χ4v) is 5.59. The molecule has 0 atom stereocenters. The largest absolute Gasteiger partial charge is 0.487 e. The number of aromatic nitrogens is 1. The molecular formula is C30H32ClN3O2. The lowest BCUT2D eigenvalue weighted by atomic mass is 9.80. The van der Waals surface area contributed by atoms with E-state index in [4.69, 9.17) is 16.3 Å². The monoisotopic (exact) mass is 501 g/mol. The molecule has 0 saturated carbocycles. The van der Waals surface area contributed by atoms with Crippen LogP contribution in [-0.4, -0.2) is 28.5 Å². The quantitative estimate of drug-likeness (QED) is 0.336. The van der Waals surface area contributed by atoms with E-state index in [1.165, 1.54) is 27.7 Å². The van der Waals surface area contributed by atoms with Gasteiger partial charge >= 0.3 is 0 Å². The third-order valence-electron chi connectivity index (χ3n) is 7.37. The highest BCUT2D eigenvalue weighted by Crippen LogP contribution is 2.35. The van der Waals surface area contributed by atoms with Crippen molar-refractivity contribution in [2.45, 2.75) is 38.5 Å². The van der Waals surface area contributed by atoms with Gasteiger partial charge in [-0.15, -0.1) is 0 Å². The molecule has 1 aromatic heterocycles. The van der Waals surface area contributed by atoms with Gasteiger partial charge in [-0.1, -0.05) is 60.1 Å². The zero-order valence-electron chi connectivity index (χ0n) is 20.8. The molecule has 36 heavy (non-hydrogen) atoms. The van der Waals surface area contributed by atoms with Crippen LogP contribution in [0.25, 0.3) is 10.9 Å². The molecule has 1 aliphatic heterocycles. The van der Waals surface area contributed by atoms with E-state index in [1.54, 1.807) is 6.92 Å². The summed E-state index contributed by atoms with van der Waals surface area (Å²) in [7, 11) is 2.11. The van der Waals surface area contributed by atoms with Gasteiger partial charge < -0.3 is 14.6 Å². The van der Waals surface area contributed by atoms with E-state index >= 15 is 0 Å². The molecule has 2 heterocycles. The molecule has 1 N–H and O–H groups in total. The van der Waals surface area contributed by atoms with Gasteiger partial charge in [0, 0.05) is 49.5 Å². The summed E-state index contributed by atoms with van der Waals surface area (Å²) in [6, 6.07) is 26.4. The number of fused-ring (bicyclic) bond motifs is 1. The molecule has 1 amide bonds. The Morgan fingerprint density at radius 1 is 0.972 bits per heavy atom. The normalized spacial score (nSPS) is 15.6. The van der Waals surface area contributed by atoms with Crippen molar-refractivity contribution >= 4 is 28.4 Å². The van der Waals surface area contributed by atoms with Gasteiger partial charge in [0.15, 0.2) is 0 Å². The van der Waals surface area contributed by atoms with Crippen LogP contribution in [0, 0.1) is 0 Å². The SMILES string of the molecule is CC(=O)NC1(c2ccccc2)CCN(Cc2c(COc3ccc(Cl)cc3)n(C)c3ccccc23)CC1. The van der Waals surface area contributed by atoms with Crippen LogP contribution in [0.5, 0.6) is 5.75 Å². The first-order valence-electron chi connectivity index (χ1n) is 12.5. The number of rotatable bonds is 7. The first-order valence-corrected chi connectivity index (χ1v) is 12.8. The summed E-state index contributed by atoms with van der Waals surface area (Å²) in [4.78, 5) is 14.6. The van der Waals surface area contributed by atoms with E-state index in [-0.39, 0.29) is 11.4 Å². The average molecular weight is 502 g/mol. The predicted octanol–water partition coefficient (Wildman–Crippen LogP) is 6.04. The number of carbonyl (C=O) groups excluding carboxylic acids is 1. The minimum atomic E-state index is -0.317. The molecule has 0 aliphatic carbocycles. The van der Waals surface area contributed by atoms with Gasteiger partial charge in [0.25, 0.3) is 0 Å². The Bertz CT molecular complexity index is 1340. The van der Waals surface area contributed by atoms with Crippen molar-refractivity contribution in [3.8, 4) is 5.75 Å². The van der Waals surface area contributed by atoms with Crippen molar-refractivity contribution in [3.05, 3.63) is 101 Å². The highest BCUT2D eigenvalue weighted by Gasteiger charge is 2.37. The molecule has 6 heteroatoms. The lowest BCUT2D eigenvalue weighted by Crippen LogP contribution is -2.52. The molecule has 1 aliphatic rings. The van der Waals surface area contributed by atoms with Crippen LogP contribution in [0.15, 0.2) is 78.9 Å². The second-order valence-electron chi connectivity index (χ2n) is 9.65. The standard InChI is InChI=1S/C30H32ClN3O2/c1-22(35)32-30(23-8-4-3-5-9-23)16-18-34(19-17-30)20-27-26-10-6-7-11-28(26)33(2)29(27)21-36-25-14-12-24(31)13-15-25/h3-15H,16-21H2,1-2H3,(H,32,35). The van der Waals surface area contributed by atoms with Crippen LogP contribution < -0.4 is 10.1 Å². The van der Waals surface area contributed by atoms with Crippen molar-refractivity contribution < 1.29 is 9.53 Å². The highest BCUT2D eigenvalue weighted by atomic mass is 35.5. The maximum atomic E-state index is 12.1. The number of hydrogen-bond donors (Lipinski definition) is 1. The molecule has 0 radical (unpaired) electrons. The number of ether oxygens (including phenoxy) is 1. The summed E-state index contributed by atoms with van der Waals surface area (Å²) in [5.74, 6) is 0.819. The second kappa shape index (κ2) is 10.4. The molecule has 4 aromatic rings. The Hall–Kier alpha value is -3.28. The molecule has 0 spiro atoms. The van der Waals surface area contributed by atoms with Crippen molar-refractivity contribution in [2.24, 2.45) is 7.05 Å². The van der Waals surface area contributed by atoms with Crippen molar-refractivity contribution in [1.29, 1.82) is 0 Å². The number of piperidine rings is 1. The molecule has 0 bridgehead atoms. The smallest absolute Gasteiger partial charge is 0.217 e. The van der Waals surface area contributed by atoms with E-state index in [0.29, 0.717) is 11.6 Å². The highest BCUT2D eigenvalue weighted by molar-refractivity contribution is 6.30. The third kappa shape index (κ3) is 4.99. The number of para-hydroxylation sites is 1. The topological polar surface area (TPSA) is 46.5 Å². The summed E-state index contributed by atoms with van der Waals surface area (Å²) < 4.78 is 8.42. The van der Waals surface area contributed by atoms with Gasteiger partial charge in [0.05, 0.1) is 11.2 Å². The lowest BCUT2D eigenvalue weighted by Gasteiger charge is -2.42. The van der Waals surface area contributed by atoms with Crippen LogP contribution in [0.2, 0.25) is 5.02 Å². The molecule has 5 nitrogen and oxygen atoms in total. The number of hydrogen-bond acceptors (Lipinski definition) is 3. The second-order valence-corrected chi connectivity index (χ2v) is 10.1. The number of carbonyl (C=O) groups is 1. The Morgan fingerprint density at radius 3 is 2.33 bits per heavy atom. The summed E-state index contributed by atoms with van der Waals surface area (Å²) >= 11 is 6.04. The number of aryl methyl sites for hydroxylation is 1. The minimum Gasteiger partial charge on any atom is -0.487 e. The van der Waals surface area contributed by atoms with E-state index in [9.17, 15) is 4.79 Å². The van der Waals surface area contributed by atoms with Gasteiger partial charge in [-0.2, -0.15) is 0 Å². The van der Waals surface area contributed by atoms with E-state index in [1.807, 2.05) is 42.5 Å². The van der Waals surface area contributed by atoms with E-state index < -0.39 is 0 Å². The summed E-state index contributed by atoms with van der Waals surface area (Å²) in [6.07, 6.45) is 1.75. The first-order chi connectivity index (χ1) is 17.4. The fourth-order valence-electron chi connectivity index (χ4n) is 5.46. The Kier molecular flexibility index (Phi) is 7.04. The van der Waals surface area contributed by atoms with Crippen LogP contribution >= 0.6 is 11.6 Å². The maximum absolute atomic E-state index is 12.1. The third-order valence-corrected chi connectivity index (χ3v) is 7.62. The molecule has 5 rings (SSSR count). The number of nitrogens with one attached hydrogen (secondary N) is 1. The predicted molar refractivity (Wildman–Crippen MR) is 145 cm³/mol. The number of halogens is 1. The molecule has 186 valence electrons. The first kappa shape index (κ1) is 24.4. The molecule has 0 unspecified atom stereocenters. The molecule has 1 saturated heterocycles. The Labute approximate surface area is 217 Å². The van der Waals surface area contributed by atoms with E-state index in [0.717, 1.165) is 38.2 Å². The number of likely N-dealkylation sites (tertiary alicyclic amines) is 1. The molecule has 3 aromatic carbocycles. The van der Waals surface area contributed by atoms with Crippen LogP contribution in [-0.2, 0) is 30.5 Å². The van der Waals surface area contributed by atoms with Gasteiger partial charge in [0.2, 0.25) is 5.91 Å². The Morgan fingerprint density at radius 2 is 1.64 bits per heavy atom. The van der Waals surface area contributed by atoms with Crippen LogP contribution in [0.3, 0.4) is 0 Å². The van der Waals surface area contributed by atoms with Gasteiger partial charge in [-0.25, -0.2) is 0 Å². The Balaban J connectivity index is 1.38. The fraction of sp³-hybridized carbons (Fsp3) is 0.300. The molecule has 1 fully saturated rings. The number of nitrogens with zero attached hydrogens (tertiary/aromatic N) is 2. The zero-order valence-corrected chi connectivity index (χ0v) is 21.6. The van der Waals surface area contributed by atoms with Gasteiger partial charge in [-0.3, -0.25) is 9.69 Å². The zero-order chi connectivity index (χ0) is 25.1. The summed E-state index contributed by atoms with van der Waals surface area (Å²) in [5, 5.41) is 5.24. The average Bonchev–Trinajstić information content (AvgIpc) is 3.16. The van der Waals surface area contributed by atoms with Gasteiger partial charge in [0.1, 0.15) is 12.4 Å².